The molecule has 0 saturated carbocycles. The number of nitrogens with one attached hydrogen (secondary N) is 8. The van der Waals surface area contributed by atoms with Gasteiger partial charge in [0.15, 0.2) is 29.0 Å². The van der Waals surface area contributed by atoms with Crippen LogP contribution in [0.15, 0.2) is 207 Å². The zero-order valence-corrected chi connectivity index (χ0v) is 67.5. The first kappa shape index (κ1) is 90.0. The lowest BCUT2D eigenvalue weighted by molar-refractivity contribution is -0.141. The molecular formula is C86H72Cl3F9N24. The standard InChI is InChI=1S/C25H19F3N6.C21H20Cl2N6.C20H19ClN6.C20H14F6N6/c26-25(27,28)20-9-5-4-8-19(20)24-33-21(18-6-2-1-3-7-18)14-23(34-24)31-13-12-30-22-11-10-17(15-29)16-32-22;1-13-14(2)28-21(17-6-5-16(22)10-18(17)23)29-20(13)26-9-3-8-25-19-7-4-15(11-24)12-27-19;1-13-14(2)26-20(16-5-3-4-6-17(16)21)27-19(13)24-10-9-23-18-8-7-15(11-22)12-25-18;21-19(22,23)14-4-2-1-3-13(14)18-31-15(20(24,25)26)9-17(32-18)29-8-7-28-16-6-5-12(10-27)11-30-16/h1-11,14,16H,12-13H2,(H,30,32)(H,31,33,34);4-7,10,12H,3,8-9H2,1-2H3,(H,25,27)(H,26,28,29);3-8,12H,9-10H2,1-2H3,(H,23,25)(H,24,26,27);1-6,9,11H,7-8H2,(H,28,30)(H,29,31,32). The highest BCUT2D eigenvalue weighted by Gasteiger charge is 2.38. The van der Waals surface area contributed by atoms with Gasteiger partial charge in [0.2, 0.25) is 0 Å². The van der Waals surface area contributed by atoms with Crippen LogP contribution in [0.5, 0.6) is 0 Å². The Balaban J connectivity index is 0.000000171. The highest BCUT2D eigenvalue weighted by Crippen LogP contribution is 2.40. The second-order valence-electron chi connectivity index (χ2n) is 26.1. The highest BCUT2D eigenvalue weighted by atomic mass is 35.5. The Hall–Kier alpha value is -14.4. The molecule has 620 valence electrons. The Morgan fingerprint density at radius 3 is 1.09 bits per heavy atom. The molecule has 13 aromatic rings. The van der Waals surface area contributed by atoms with Crippen molar-refractivity contribution < 1.29 is 39.5 Å². The van der Waals surface area contributed by atoms with E-state index in [1.165, 1.54) is 42.7 Å². The summed E-state index contributed by atoms with van der Waals surface area (Å²) < 4.78 is 121. The topological polar surface area (TPSA) is 346 Å². The third kappa shape index (κ3) is 26.1. The van der Waals surface area contributed by atoms with Gasteiger partial charge in [-0.25, -0.2) is 59.8 Å². The monoisotopic (exact) mass is 1720 g/mol. The van der Waals surface area contributed by atoms with Crippen molar-refractivity contribution in [2.45, 2.75) is 52.6 Å². The van der Waals surface area contributed by atoms with Crippen LogP contribution in [0.1, 0.15) is 68.0 Å². The quantitative estimate of drug-likeness (QED) is 0.0184. The third-order valence-electron chi connectivity index (χ3n) is 17.5. The van der Waals surface area contributed by atoms with Crippen LogP contribution in [0.4, 0.5) is 86.1 Å². The van der Waals surface area contributed by atoms with Crippen LogP contribution in [0.3, 0.4) is 0 Å². The molecule has 0 aliphatic carbocycles. The smallest absolute Gasteiger partial charge is 0.370 e. The number of hydrogen-bond donors (Lipinski definition) is 8. The number of benzene rings is 5. The molecule has 0 fully saturated rings. The summed E-state index contributed by atoms with van der Waals surface area (Å²) in [5.74, 6) is 4.66. The number of anilines is 8. The molecule has 122 heavy (non-hydrogen) atoms. The van der Waals surface area contributed by atoms with Gasteiger partial charge in [0.1, 0.15) is 70.8 Å². The van der Waals surface area contributed by atoms with E-state index in [0.29, 0.717) is 104 Å². The molecule has 0 bridgehead atoms. The molecular weight excluding hydrogens is 1650 g/mol. The third-order valence-corrected chi connectivity index (χ3v) is 18.4. The normalized spacial score (nSPS) is 10.9. The van der Waals surface area contributed by atoms with Gasteiger partial charge in [-0.3, -0.25) is 0 Å². The Kier molecular flexibility index (Phi) is 31.6. The van der Waals surface area contributed by atoms with Gasteiger partial charge >= 0.3 is 18.5 Å². The number of rotatable bonds is 26. The van der Waals surface area contributed by atoms with Crippen molar-refractivity contribution >= 4 is 81.3 Å². The molecule has 5 aromatic carbocycles. The van der Waals surface area contributed by atoms with Gasteiger partial charge in [0.05, 0.1) is 49.1 Å². The van der Waals surface area contributed by atoms with Crippen LogP contribution >= 0.6 is 34.8 Å². The van der Waals surface area contributed by atoms with Gasteiger partial charge in [-0.2, -0.15) is 60.6 Å². The molecule has 0 radical (unpaired) electrons. The molecule has 8 heterocycles. The van der Waals surface area contributed by atoms with Crippen LogP contribution < -0.4 is 42.5 Å². The van der Waals surface area contributed by atoms with Gasteiger partial charge in [-0.05, 0) is 125 Å². The van der Waals surface area contributed by atoms with E-state index in [-0.39, 0.29) is 30.3 Å². The fourth-order valence-corrected chi connectivity index (χ4v) is 11.8. The zero-order chi connectivity index (χ0) is 87.4. The summed E-state index contributed by atoms with van der Waals surface area (Å²) in [4.78, 5) is 50.9. The van der Waals surface area contributed by atoms with E-state index < -0.39 is 46.7 Å². The second-order valence-corrected chi connectivity index (χ2v) is 27.4. The predicted molar refractivity (Wildman–Crippen MR) is 453 cm³/mol. The van der Waals surface area contributed by atoms with Crippen molar-refractivity contribution in [3.05, 3.63) is 283 Å². The van der Waals surface area contributed by atoms with Crippen molar-refractivity contribution in [2.75, 3.05) is 94.9 Å². The maximum absolute atomic E-state index is 13.6. The lowest BCUT2D eigenvalue weighted by Gasteiger charge is -2.15. The number of hydrogen-bond acceptors (Lipinski definition) is 24. The van der Waals surface area contributed by atoms with Crippen LogP contribution in [-0.4, -0.2) is 112 Å². The largest absolute Gasteiger partial charge is 0.433 e. The average Bonchev–Trinajstić information content (AvgIpc) is 0.778. The van der Waals surface area contributed by atoms with E-state index in [2.05, 4.69) is 114 Å². The minimum Gasteiger partial charge on any atom is -0.370 e. The average molecular weight is 1720 g/mol. The predicted octanol–water partition coefficient (Wildman–Crippen LogP) is 20.0. The Bertz CT molecular complexity index is 5890. The first-order valence-corrected chi connectivity index (χ1v) is 38.2. The molecule has 8 N–H and O–H groups in total. The van der Waals surface area contributed by atoms with E-state index >= 15 is 0 Å². The van der Waals surface area contributed by atoms with Crippen molar-refractivity contribution in [3.63, 3.8) is 0 Å². The molecule has 0 unspecified atom stereocenters. The van der Waals surface area contributed by atoms with Crippen LogP contribution in [0.25, 0.3) is 56.8 Å². The summed E-state index contributed by atoms with van der Waals surface area (Å²) in [7, 11) is 0. The number of aromatic nitrogens is 12. The molecule has 0 amide bonds. The van der Waals surface area contributed by atoms with Crippen molar-refractivity contribution in [2.24, 2.45) is 0 Å². The van der Waals surface area contributed by atoms with E-state index in [4.69, 9.17) is 55.9 Å². The summed E-state index contributed by atoms with van der Waals surface area (Å²) in [6.45, 7) is 11.9. The number of pyridine rings is 4. The second kappa shape index (κ2) is 42.8. The summed E-state index contributed by atoms with van der Waals surface area (Å²) in [6.07, 6.45) is -7.43. The lowest BCUT2D eigenvalue weighted by Crippen LogP contribution is -2.17. The minimum atomic E-state index is -4.88. The van der Waals surface area contributed by atoms with Gasteiger partial charge in [0, 0.05) is 145 Å². The van der Waals surface area contributed by atoms with E-state index in [9.17, 15) is 39.5 Å². The lowest BCUT2D eigenvalue weighted by atomic mass is 10.1. The fraction of sp³-hybridized carbons (Fsp3) is 0.186. The number of nitriles is 4. The molecule has 24 nitrogen and oxygen atoms in total. The van der Waals surface area contributed by atoms with Crippen LogP contribution in [0.2, 0.25) is 15.1 Å². The molecule has 0 spiro atoms. The Labute approximate surface area is 709 Å². The SMILES string of the molecule is Cc1nc(-c2ccc(Cl)cc2Cl)nc(NCCCNc2ccc(C#N)cn2)c1C.Cc1nc(-c2ccccc2Cl)nc(NCCNc2ccc(C#N)cn2)c1C.N#Cc1ccc(NCCNc2cc(-c3ccccc3)nc(-c3ccccc3C(F)(F)F)n2)nc1.N#Cc1ccc(NCCNc2cc(C(F)(F)F)nc(-c3ccccc3C(F)(F)F)n2)nc1. The fourth-order valence-electron chi connectivity index (χ4n) is 11.1. The molecule has 8 aromatic heterocycles. The van der Waals surface area contributed by atoms with E-state index in [1.807, 2.05) is 100 Å². The van der Waals surface area contributed by atoms with Crippen molar-refractivity contribution in [1.82, 2.24) is 59.8 Å². The Morgan fingerprint density at radius 1 is 0.320 bits per heavy atom. The number of nitrogens with zero attached hydrogens (tertiary/aromatic N) is 16. The van der Waals surface area contributed by atoms with Gasteiger partial charge in [-0.15, -0.1) is 0 Å². The maximum Gasteiger partial charge on any atom is 0.433 e. The first-order valence-electron chi connectivity index (χ1n) is 37.1. The molecule has 0 saturated heterocycles. The zero-order valence-electron chi connectivity index (χ0n) is 65.2. The Morgan fingerprint density at radius 2 is 0.680 bits per heavy atom. The van der Waals surface area contributed by atoms with E-state index in [1.54, 1.807) is 73.1 Å². The van der Waals surface area contributed by atoms with Gasteiger partial charge in [-0.1, -0.05) is 114 Å². The highest BCUT2D eigenvalue weighted by molar-refractivity contribution is 6.36. The van der Waals surface area contributed by atoms with Gasteiger partial charge < -0.3 is 42.5 Å². The number of aryl methyl sites for hydroxylation is 2. The van der Waals surface area contributed by atoms with Crippen LogP contribution in [0, 0.1) is 73.0 Å². The molecule has 0 atom stereocenters. The molecule has 0 aliphatic rings. The molecule has 13 rings (SSSR count). The van der Waals surface area contributed by atoms with Gasteiger partial charge in [0.25, 0.3) is 0 Å². The summed E-state index contributed by atoms with van der Waals surface area (Å²) in [5.41, 5.74) is 4.58. The van der Waals surface area contributed by atoms with E-state index in [0.717, 1.165) is 106 Å². The minimum absolute atomic E-state index is 0.0153. The summed E-state index contributed by atoms with van der Waals surface area (Å²) in [6, 6.07) is 55.3. The number of alkyl halides is 9. The summed E-state index contributed by atoms with van der Waals surface area (Å²) in [5, 5.41) is 61.8. The molecule has 0 aliphatic heterocycles. The van der Waals surface area contributed by atoms with Crippen LogP contribution in [-0.2, 0) is 18.5 Å². The maximum atomic E-state index is 13.6. The van der Waals surface area contributed by atoms with Crippen molar-refractivity contribution in [3.8, 4) is 81.1 Å². The molecule has 36 heteroatoms. The summed E-state index contributed by atoms with van der Waals surface area (Å²) >= 11 is 18.6. The number of halogens is 12. The van der Waals surface area contributed by atoms with Crippen molar-refractivity contribution in [1.29, 1.82) is 21.0 Å². The first-order chi connectivity index (χ1) is 58.6.